The Morgan fingerprint density at radius 3 is 0.971 bits per heavy atom. The Balaban J connectivity index is 1.59. The topological polar surface area (TPSA) is 53.5 Å². The average molecular weight is 622 g/mol. The van der Waals surface area contributed by atoms with Gasteiger partial charge >= 0.3 is 203 Å². The van der Waals surface area contributed by atoms with Crippen molar-refractivity contribution in [2.24, 2.45) is 0 Å². The van der Waals surface area contributed by atoms with Crippen molar-refractivity contribution < 1.29 is 16.5 Å². The van der Waals surface area contributed by atoms with Gasteiger partial charge in [-0.1, -0.05) is 0 Å². The van der Waals surface area contributed by atoms with Crippen LogP contribution in [0.25, 0.3) is 17.1 Å². The quantitative estimate of drug-likeness (QED) is 0.287. The summed E-state index contributed by atoms with van der Waals surface area (Å²) in [6, 6.07) is 37.3. The predicted octanol–water partition coefficient (Wildman–Crippen LogP) is 3.14. The van der Waals surface area contributed by atoms with Gasteiger partial charge in [-0.15, -0.1) is 0 Å². The summed E-state index contributed by atoms with van der Waals surface area (Å²) < 4.78 is 9.80. The molecule has 34 heavy (non-hydrogen) atoms. The minimum atomic E-state index is -2.47. The number of hydrogen-bond donors (Lipinski definition) is 0. The van der Waals surface area contributed by atoms with Crippen LogP contribution < -0.4 is 12.6 Å². The van der Waals surface area contributed by atoms with Gasteiger partial charge in [0.05, 0.1) is 0 Å². The van der Waals surface area contributed by atoms with Crippen LogP contribution in [-0.4, -0.2) is 29.3 Å². The molecule has 3 aromatic carbocycles. The summed E-state index contributed by atoms with van der Waals surface area (Å²) in [7, 11) is 0. The van der Waals surface area contributed by atoms with E-state index in [2.05, 4.69) is 68.6 Å². The van der Waals surface area contributed by atoms with Crippen molar-refractivity contribution in [3.63, 3.8) is 0 Å². The van der Waals surface area contributed by atoms with Gasteiger partial charge < -0.3 is 0 Å². The molecule has 0 amide bonds. The van der Waals surface area contributed by atoms with Crippen LogP contribution in [0.1, 0.15) is 0 Å². The zero-order valence-electron chi connectivity index (χ0n) is 18.1. The van der Waals surface area contributed by atoms with Gasteiger partial charge in [-0.3, -0.25) is 0 Å². The Bertz CT molecular complexity index is 1320. The first-order chi connectivity index (χ1) is 16.9. The molecule has 0 aliphatic rings. The molecule has 7 heteroatoms. The molecule has 0 aliphatic carbocycles. The number of hydrogen-bond acceptors (Lipinski definition) is 3. The summed E-state index contributed by atoms with van der Waals surface area (Å²) in [6.45, 7) is 0. The standard InChI is InChI=1S/3C9H7N2.Ir/c3*1-2-5-9(6-3-1)11-8-4-7-10-11;/h3*1-7H;. The van der Waals surface area contributed by atoms with Crippen molar-refractivity contribution in [2.75, 3.05) is 0 Å². The second-order valence-electron chi connectivity index (χ2n) is 7.39. The number of benzene rings is 3. The normalized spacial score (nSPS) is 11.5. The number of para-hydroxylation sites is 3. The molecule has 0 N–H and O–H groups in total. The van der Waals surface area contributed by atoms with Crippen molar-refractivity contribution in [3.05, 3.63) is 128 Å². The van der Waals surface area contributed by atoms with Gasteiger partial charge in [0.2, 0.25) is 0 Å². The summed E-state index contributed by atoms with van der Waals surface area (Å²) in [5.41, 5.74) is 3.14. The molecule has 0 atom stereocenters. The summed E-state index contributed by atoms with van der Waals surface area (Å²) in [5, 5.41) is 14.2. The van der Waals surface area contributed by atoms with Gasteiger partial charge in [0.25, 0.3) is 0 Å². The monoisotopic (exact) mass is 622 g/mol. The molecule has 6 nitrogen and oxygen atoms in total. The van der Waals surface area contributed by atoms with Crippen molar-refractivity contribution in [1.29, 1.82) is 0 Å². The molecular formula is C27H21IrN6. The summed E-state index contributed by atoms with van der Waals surface area (Å²) >= 11 is -2.47. The van der Waals surface area contributed by atoms with Crippen LogP contribution in [-0.2, 0) is 16.5 Å². The fourth-order valence-corrected chi connectivity index (χ4v) is 10.2. The van der Waals surface area contributed by atoms with Crippen LogP contribution in [0.2, 0.25) is 0 Å². The van der Waals surface area contributed by atoms with E-state index in [4.69, 9.17) is 15.3 Å². The van der Waals surface area contributed by atoms with Gasteiger partial charge in [-0.2, -0.15) is 0 Å². The van der Waals surface area contributed by atoms with Crippen molar-refractivity contribution in [2.45, 2.75) is 0 Å². The number of rotatable bonds is 6. The maximum absolute atomic E-state index is 4.73. The SMILES string of the molecule is c1ccc(-n2ncc[c]2[Ir]([c]2ccnn2-c2ccccc2)[c]2ccnn2-c2ccccc2)cc1. The average Bonchev–Trinajstić information content (AvgIpc) is 3.68. The molecule has 0 saturated heterocycles. The van der Waals surface area contributed by atoms with Crippen molar-refractivity contribution >= 4 is 12.6 Å². The first-order valence-corrected chi connectivity index (χ1v) is 14.4. The molecule has 6 rings (SSSR count). The first-order valence-electron chi connectivity index (χ1n) is 10.8. The van der Waals surface area contributed by atoms with Crippen LogP contribution in [0.15, 0.2) is 128 Å². The van der Waals surface area contributed by atoms with E-state index < -0.39 is 16.5 Å². The summed E-state index contributed by atoms with van der Waals surface area (Å²) in [4.78, 5) is 0. The Morgan fingerprint density at radius 1 is 0.382 bits per heavy atom. The fourth-order valence-electron chi connectivity index (χ4n) is 3.75. The predicted molar refractivity (Wildman–Crippen MR) is 130 cm³/mol. The van der Waals surface area contributed by atoms with Crippen LogP contribution in [0.5, 0.6) is 0 Å². The summed E-state index contributed by atoms with van der Waals surface area (Å²) in [5.74, 6) is 0. The van der Waals surface area contributed by atoms with E-state index in [0.717, 1.165) is 17.1 Å². The second-order valence-corrected chi connectivity index (χ2v) is 12.9. The zero-order chi connectivity index (χ0) is 22.7. The first kappa shape index (κ1) is 20.5. The maximum atomic E-state index is 4.73. The molecule has 0 spiro atoms. The van der Waals surface area contributed by atoms with Gasteiger partial charge in [0.1, 0.15) is 0 Å². The van der Waals surface area contributed by atoms with E-state index in [1.165, 1.54) is 12.6 Å². The Morgan fingerprint density at radius 2 is 0.676 bits per heavy atom. The third kappa shape index (κ3) is 3.71. The fraction of sp³-hybridized carbons (Fsp3) is 0. The van der Waals surface area contributed by atoms with Crippen molar-refractivity contribution in [3.8, 4) is 17.1 Å². The molecule has 3 aromatic heterocycles. The third-order valence-corrected chi connectivity index (χ3v) is 11.7. The number of aromatic nitrogens is 6. The van der Waals surface area contributed by atoms with Gasteiger partial charge in [-0.05, 0) is 0 Å². The third-order valence-electron chi connectivity index (χ3n) is 5.25. The minimum absolute atomic E-state index is 1.05. The van der Waals surface area contributed by atoms with Crippen LogP contribution in [0.4, 0.5) is 0 Å². The molecule has 0 aliphatic heterocycles. The Kier molecular flexibility index (Phi) is 5.47. The Labute approximate surface area is 202 Å². The molecule has 3 heterocycles. The van der Waals surface area contributed by atoms with E-state index in [9.17, 15) is 0 Å². The molecular weight excluding hydrogens is 601 g/mol. The molecule has 0 fully saturated rings. The van der Waals surface area contributed by atoms with E-state index in [0.29, 0.717) is 0 Å². The van der Waals surface area contributed by atoms with Crippen molar-refractivity contribution in [1.82, 2.24) is 29.3 Å². The number of nitrogens with zero attached hydrogens (tertiary/aromatic N) is 6. The van der Waals surface area contributed by atoms with Crippen LogP contribution >= 0.6 is 0 Å². The van der Waals surface area contributed by atoms with Gasteiger partial charge in [0, 0.05) is 0 Å². The molecule has 168 valence electrons. The van der Waals surface area contributed by atoms with Crippen LogP contribution in [0.3, 0.4) is 0 Å². The van der Waals surface area contributed by atoms with Gasteiger partial charge in [0.15, 0.2) is 0 Å². The molecule has 6 aromatic rings. The summed E-state index contributed by atoms with van der Waals surface area (Å²) in [6.07, 6.45) is 5.67. The van der Waals surface area contributed by atoms with E-state index in [-0.39, 0.29) is 0 Å². The van der Waals surface area contributed by atoms with E-state index >= 15 is 0 Å². The molecule has 0 radical (unpaired) electrons. The van der Waals surface area contributed by atoms with Crippen LogP contribution in [0, 0.1) is 0 Å². The zero-order valence-corrected chi connectivity index (χ0v) is 20.5. The van der Waals surface area contributed by atoms with E-state index in [1.54, 1.807) is 0 Å². The second kappa shape index (κ2) is 9.06. The molecule has 0 saturated carbocycles. The van der Waals surface area contributed by atoms with Gasteiger partial charge in [-0.25, -0.2) is 0 Å². The molecule has 0 bridgehead atoms. The van der Waals surface area contributed by atoms with E-state index in [1.807, 2.05) is 73.2 Å². The Hall–Kier alpha value is -4.06. The molecule has 0 unspecified atom stereocenters.